The molecule has 0 bridgehead atoms. The van der Waals surface area contributed by atoms with Gasteiger partial charge >= 0.3 is 5.97 Å². The van der Waals surface area contributed by atoms with E-state index in [4.69, 9.17) is 9.84 Å². The predicted octanol–water partition coefficient (Wildman–Crippen LogP) is 3.74. The van der Waals surface area contributed by atoms with Crippen molar-refractivity contribution in [2.24, 2.45) is 0 Å². The van der Waals surface area contributed by atoms with Crippen LogP contribution in [0.5, 0.6) is 5.75 Å². The molecule has 1 unspecified atom stereocenters. The Bertz CT molecular complexity index is 698. The third kappa shape index (κ3) is 6.97. The van der Waals surface area contributed by atoms with Gasteiger partial charge in [0.05, 0.1) is 6.61 Å². The summed E-state index contributed by atoms with van der Waals surface area (Å²) in [7, 11) is 0. The van der Waals surface area contributed by atoms with Gasteiger partial charge in [-0.2, -0.15) is 0 Å². The maximum absolute atomic E-state index is 12.1. The molecule has 0 saturated heterocycles. The van der Waals surface area contributed by atoms with Crippen molar-refractivity contribution in [3.05, 3.63) is 65.7 Å². The quantitative estimate of drug-likeness (QED) is 0.637. The van der Waals surface area contributed by atoms with E-state index in [0.29, 0.717) is 31.7 Å². The highest BCUT2D eigenvalue weighted by molar-refractivity contribution is 5.76. The molecule has 0 saturated carbocycles. The Morgan fingerprint density at radius 2 is 1.77 bits per heavy atom. The van der Waals surface area contributed by atoms with Crippen LogP contribution in [0.2, 0.25) is 0 Å². The van der Waals surface area contributed by atoms with Crippen molar-refractivity contribution < 1.29 is 19.4 Å². The zero-order valence-corrected chi connectivity index (χ0v) is 15.0. The highest BCUT2D eigenvalue weighted by Crippen LogP contribution is 2.18. The molecule has 0 radical (unpaired) electrons. The average molecular weight is 355 g/mol. The van der Waals surface area contributed by atoms with Gasteiger partial charge in [0.2, 0.25) is 5.91 Å². The first kappa shape index (κ1) is 19.5. The molecule has 2 aromatic rings. The molecule has 5 nitrogen and oxygen atoms in total. The van der Waals surface area contributed by atoms with E-state index in [1.807, 2.05) is 61.5 Å². The highest BCUT2D eigenvalue weighted by Gasteiger charge is 2.10. The van der Waals surface area contributed by atoms with Crippen molar-refractivity contribution in [3.8, 4) is 5.75 Å². The molecule has 0 aliphatic carbocycles. The number of carbonyl (C=O) groups excluding carboxylic acids is 1. The number of nitrogens with one attached hydrogen (secondary N) is 1. The first-order chi connectivity index (χ1) is 12.5. The standard InChI is InChI=1S/C21H25NO4/c1-16(18-6-3-2-4-7-18)14-20(23)22-15-17-9-11-19(12-10-17)26-13-5-8-21(24)25/h2-4,6-7,9-12,16H,5,8,13-15H2,1H3,(H,22,23)(H,24,25). The minimum absolute atomic E-state index is 0.0235. The molecule has 0 fully saturated rings. The van der Waals surface area contributed by atoms with Crippen LogP contribution < -0.4 is 10.1 Å². The first-order valence-electron chi connectivity index (χ1n) is 8.80. The van der Waals surface area contributed by atoms with Crippen molar-refractivity contribution in [1.29, 1.82) is 0 Å². The summed E-state index contributed by atoms with van der Waals surface area (Å²) in [6.45, 7) is 2.89. The summed E-state index contributed by atoms with van der Waals surface area (Å²) in [6, 6.07) is 17.4. The summed E-state index contributed by atoms with van der Waals surface area (Å²) in [6.07, 6.45) is 1.03. The molecule has 0 aliphatic rings. The molecule has 2 rings (SSSR count). The number of carbonyl (C=O) groups is 2. The Labute approximate surface area is 154 Å². The van der Waals surface area contributed by atoms with E-state index in [0.717, 1.165) is 11.1 Å². The van der Waals surface area contributed by atoms with Gasteiger partial charge in [0, 0.05) is 19.4 Å². The minimum Gasteiger partial charge on any atom is -0.494 e. The molecular weight excluding hydrogens is 330 g/mol. The van der Waals surface area contributed by atoms with Crippen molar-refractivity contribution >= 4 is 11.9 Å². The first-order valence-corrected chi connectivity index (χ1v) is 8.80. The van der Waals surface area contributed by atoms with Crippen molar-refractivity contribution in [1.82, 2.24) is 5.32 Å². The number of ether oxygens (including phenoxy) is 1. The van der Waals surface area contributed by atoms with Gasteiger partial charge in [0.15, 0.2) is 0 Å². The van der Waals surface area contributed by atoms with Gasteiger partial charge in [-0.25, -0.2) is 0 Å². The maximum atomic E-state index is 12.1. The summed E-state index contributed by atoms with van der Waals surface area (Å²) in [5, 5.41) is 11.5. The maximum Gasteiger partial charge on any atom is 0.303 e. The SMILES string of the molecule is CC(CC(=O)NCc1ccc(OCCCC(=O)O)cc1)c1ccccc1. The van der Waals surface area contributed by atoms with Crippen LogP contribution in [-0.2, 0) is 16.1 Å². The van der Waals surface area contributed by atoms with Crippen LogP contribution >= 0.6 is 0 Å². The van der Waals surface area contributed by atoms with Gasteiger partial charge in [-0.05, 0) is 35.6 Å². The van der Waals surface area contributed by atoms with Crippen molar-refractivity contribution in [2.45, 2.75) is 38.6 Å². The largest absolute Gasteiger partial charge is 0.494 e. The molecule has 138 valence electrons. The summed E-state index contributed by atoms with van der Waals surface area (Å²) in [5.74, 6) is 0.0811. The second-order valence-electron chi connectivity index (χ2n) is 6.28. The van der Waals surface area contributed by atoms with Crippen LogP contribution in [0.3, 0.4) is 0 Å². The fraction of sp³-hybridized carbons (Fsp3) is 0.333. The third-order valence-electron chi connectivity index (χ3n) is 4.08. The van der Waals surface area contributed by atoms with Crippen LogP contribution in [0.15, 0.2) is 54.6 Å². The van der Waals surface area contributed by atoms with Crippen LogP contribution in [0.1, 0.15) is 43.2 Å². The topological polar surface area (TPSA) is 75.6 Å². The number of aliphatic carboxylic acids is 1. The molecule has 0 aliphatic heterocycles. The number of hydrogen-bond acceptors (Lipinski definition) is 3. The minimum atomic E-state index is -0.818. The Hall–Kier alpha value is -2.82. The van der Waals surface area contributed by atoms with Crippen LogP contribution in [0, 0.1) is 0 Å². The zero-order chi connectivity index (χ0) is 18.8. The Morgan fingerprint density at radius 1 is 1.08 bits per heavy atom. The van der Waals surface area contributed by atoms with Gasteiger partial charge in [-0.15, -0.1) is 0 Å². The number of hydrogen-bond donors (Lipinski definition) is 2. The lowest BCUT2D eigenvalue weighted by molar-refractivity contribution is -0.137. The number of carboxylic acid groups (broad SMARTS) is 1. The molecule has 0 heterocycles. The number of carboxylic acids is 1. The fourth-order valence-corrected chi connectivity index (χ4v) is 2.57. The summed E-state index contributed by atoms with van der Waals surface area (Å²) < 4.78 is 5.49. The number of rotatable bonds is 10. The van der Waals surface area contributed by atoms with Crippen molar-refractivity contribution in [3.63, 3.8) is 0 Å². The molecule has 0 aromatic heterocycles. The Morgan fingerprint density at radius 3 is 2.42 bits per heavy atom. The molecule has 1 atom stereocenters. The Balaban J connectivity index is 1.71. The lowest BCUT2D eigenvalue weighted by Crippen LogP contribution is -2.24. The average Bonchev–Trinajstić information content (AvgIpc) is 2.65. The zero-order valence-electron chi connectivity index (χ0n) is 15.0. The van der Waals surface area contributed by atoms with Gasteiger partial charge in [0.1, 0.15) is 5.75 Å². The van der Waals surface area contributed by atoms with E-state index in [1.165, 1.54) is 0 Å². The smallest absolute Gasteiger partial charge is 0.303 e. The molecule has 0 spiro atoms. The predicted molar refractivity (Wildman–Crippen MR) is 100 cm³/mol. The lowest BCUT2D eigenvalue weighted by Gasteiger charge is -2.12. The molecule has 5 heteroatoms. The van der Waals surface area contributed by atoms with Crippen LogP contribution in [0.4, 0.5) is 0 Å². The molecule has 2 N–H and O–H groups in total. The van der Waals surface area contributed by atoms with Gasteiger partial charge < -0.3 is 15.2 Å². The van der Waals surface area contributed by atoms with Crippen LogP contribution in [0.25, 0.3) is 0 Å². The van der Waals surface area contributed by atoms with Gasteiger partial charge in [-0.1, -0.05) is 49.4 Å². The van der Waals surface area contributed by atoms with E-state index in [1.54, 1.807) is 0 Å². The van der Waals surface area contributed by atoms with E-state index in [-0.39, 0.29) is 18.2 Å². The monoisotopic (exact) mass is 355 g/mol. The Kier molecular flexibility index (Phi) is 7.68. The number of benzene rings is 2. The normalized spacial score (nSPS) is 11.6. The molecular formula is C21H25NO4. The van der Waals surface area contributed by atoms with Gasteiger partial charge in [0.25, 0.3) is 0 Å². The molecule has 26 heavy (non-hydrogen) atoms. The van der Waals surface area contributed by atoms with E-state index >= 15 is 0 Å². The summed E-state index contributed by atoms with van der Waals surface area (Å²) >= 11 is 0. The second kappa shape index (κ2) is 10.2. The van der Waals surface area contributed by atoms with Gasteiger partial charge in [-0.3, -0.25) is 9.59 Å². The molecule has 1 amide bonds. The van der Waals surface area contributed by atoms with E-state index in [2.05, 4.69) is 5.32 Å². The highest BCUT2D eigenvalue weighted by atomic mass is 16.5. The van der Waals surface area contributed by atoms with E-state index < -0.39 is 5.97 Å². The number of amides is 1. The lowest BCUT2D eigenvalue weighted by atomic mass is 9.97. The second-order valence-corrected chi connectivity index (χ2v) is 6.28. The fourth-order valence-electron chi connectivity index (χ4n) is 2.57. The summed E-state index contributed by atoms with van der Waals surface area (Å²) in [4.78, 5) is 22.6. The van der Waals surface area contributed by atoms with E-state index in [9.17, 15) is 9.59 Å². The van der Waals surface area contributed by atoms with Crippen LogP contribution in [-0.4, -0.2) is 23.6 Å². The molecule has 2 aromatic carbocycles. The van der Waals surface area contributed by atoms with Crippen molar-refractivity contribution in [2.75, 3.05) is 6.61 Å². The summed E-state index contributed by atoms with van der Waals surface area (Å²) in [5.41, 5.74) is 2.15. The third-order valence-corrected chi connectivity index (χ3v) is 4.08.